The molecule has 3 aromatic carbocycles. The molecule has 0 heterocycles. The van der Waals surface area contributed by atoms with Gasteiger partial charge in [0.15, 0.2) is 6.10 Å². The average molecular weight is 316 g/mol. The van der Waals surface area contributed by atoms with Crippen LogP contribution < -0.4 is 5.73 Å². The number of amides is 1. The van der Waals surface area contributed by atoms with E-state index in [1.807, 2.05) is 91.0 Å². The van der Waals surface area contributed by atoms with Gasteiger partial charge in [-0.15, -0.1) is 0 Å². The first-order valence-corrected chi connectivity index (χ1v) is 7.81. The molecule has 1 atom stereocenters. The van der Waals surface area contributed by atoms with Gasteiger partial charge < -0.3 is 4.74 Å². The van der Waals surface area contributed by atoms with Gasteiger partial charge in [0, 0.05) is 0 Å². The van der Waals surface area contributed by atoms with Gasteiger partial charge in [0.1, 0.15) is 6.10 Å². The maximum atomic E-state index is 11.9. The molecule has 1 N–H and O–H groups in total. The Bertz CT molecular complexity index is 733. The third kappa shape index (κ3) is 3.70. The maximum absolute atomic E-state index is 11.9. The highest BCUT2D eigenvalue weighted by atomic mass is 16.5. The van der Waals surface area contributed by atoms with Crippen LogP contribution >= 0.6 is 0 Å². The van der Waals surface area contributed by atoms with E-state index in [9.17, 15) is 4.79 Å². The summed E-state index contributed by atoms with van der Waals surface area (Å²) in [5.74, 6) is -0.752. The zero-order valence-electron chi connectivity index (χ0n) is 13.1. The predicted octanol–water partition coefficient (Wildman–Crippen LogP) is 4.34. The van der Waals surface area contributed by atoms with Crippen molar-refractivity contribution in [3.63, 3.8) is 0 Å². The van der Waals surface area contributed by atoms with Crippen LogP contribution in [0.1, 0.15) is 28.9 Å². The minimum Gasteiger partial charge on any atom is -0.351 e. The van der Waals surface area contributed by atoms with Crippen molar-refractivity contribution in [2.45, 2.75) is 12.2 Å². The number of rotatable bonds is 6. The highest BCUT2D eigenvalue weighted by molar-refractivity contribution is 5.79. The van der Waals surface area contributed by atoms with Crippen LogP contribution in [0, 0.1) is 0 Å². The van der Waals surface area contributed by atoms with E-state index < -0.39 is 18.1 Å². The van der Waals surface area contributed by atoms with Crippen molar-refractivity contribution in [2.75, 3.05) is 0 Å². The van der Waals surface area contributed by atoms with Crippen LogP contribution in [0.15, 0.2) is 91.0 Å². The fourth-order valence-corrected chi connectivity index (χ4v) is 2.66. The van der Waals surface area contributed by atoms with Crippen molar-refractivity contribution in [3.8, 4) is 0 Å². The number of carbonyl (C=O) groups excluding carboxylic acids is 1. The summed E-state index contributed by atoms with van der Waals surface area (Å²) in [4.78, 5) is 11.9. The Kier molecular flexibility index (Phi) is 5.04. The Hall–Kier alpha value is -2.91. The quantitative estimate of drug-likeness (QED) is 0.679. The summed E-state index contributed by atoms with van der Waals surface area (Å²) in [6.07, 6.45) is -1.33. The van der Waals surface area contributed by atoms with E-state index in [-0.39, 0.29) is 0 Å². The minimum atomic E-state index is -0.920. The lowest BCUT2D eigenvalue weighted by molar-refractivity contribution is -0.133. The summed E-state index contributed by atoms with van der Waals surface area (Å²) in [5, 5.41) is 0. The molecule has 0 aliphatic rings. The second kappa shape index (κ2) is 7.57. The summed E-state index contributed by atoms with van der Waals surface area (Å²) in [7, 11) is 0. The summed E-state index contributed by atoms with van der Waals surface area (Å²) < 4.78 is 6.13. The zero-order chi connectivity index (χ0) is 16.8. The van der Waals surface area contributed by atoms with Crippen LogP contribution in [0.5, 0.6) is 0 Å². The molecule has 3 nitrogen and oxygen atoms in total. The molecule has 3 rings (SSSR count). The molecule has 3 heteroatoms. The molecule has 0 aliphatic heterocycles. The van der Waals surface area contributed by atoms with Crippen molar-refractivity contribution in [2.24, 2.45) is 0 Å². The van der Waals surface area contributed by atoms with Gasteiger partial charge in [-0.25, -0.2) is 0 Å². The van der Waals surface area contributed by atoms with Gasteiger partial charge in [-0.2, -0.15) is 0 Å². The maximum Gasteiger partial charge on any atom is 0.272 e. The topological polar surface area (TPSA) is 50.1 Å². The standard InChI is InChI=1S/C21H18NO2/c22-21(23)20(18-14-8-3-9-15-18)24-19(16-10-4-1-5-11-16)17-12-6-2-7-13-17/h1-15,19-20,22H. The van der Waals surface area contributed by atoms with Crippen molar-refractivity contribution in [1.82, 2.24) is 5.73 Å². The smallest absolute Gasteiger partial charge is 0.272 e. The molecule has 119 valence electrons. The van der Waals surface area contributed by atoms with Crippen LogP contribution in [-0.2, 0) is 9.53 Å². The first-order chi connectivity index (χ1) is 11.8. The van der Waals surface area contributed by atoms with Crippen LogP contribution in [0.4, 0.5) is 0 Å². The zero-order valence-corrected chi connectivity index (χ0v) is 13.1. The molecule has 0 aromatic heterocycles. The molecule has 24 heavy (non-hydrogen) atoms. The lowest BCUT2D eigenvalue weighted by Gasteiger charge is -2.24. The van der Waals surface area contributed by atoms with Gasteiger partial charge in [0.05, 0.1) is 0 Å². The van der Waals surface area contributed by atoms with Gasteiger partial charge in [-0.1, -0.05) is 91.0 Å². The third-order valence-corrected chi connectivity index (χ3v) is 3.82. The second-order valence-corrected chi connectivity index (χ2v) is 5.49. The van der Waals surface area contributed by atoms with Crippen molar-refractivity contribution >= 4 is 5.91 Å². The lowest BCUT2D eigenvalue weighted by Crippen LogP contribution is -2.20. The van der Waals surface area contributed by atoms with E-state index in [1.165, 1.54) is 0 Å². The van der Waals surface area contributed by atoms with Crippen LogP contribution in [0.25, 0.3) is 0 Å². The first-order valence-electron chi connectivity index (χ1n) is 7.81. The monoisotopic (exact) mass is 316 g/mol. The third-order valence-electron chi connectivity index (χ3n) is 3.82. The molecule has 0 saturated heterocycles. The number of hydrogen-bond acceptors (Lipinski definition) is 2. The Labute approximate surface area is 141 Å². The lowest BCUT2D eigenvalue weighted by atomic mass is 10.0. The number of nitrogens with one attached hydrogen (secondary N) is 1. The first kappa shape index (κ1) is 16.0. The molecule has 0 aliphatic carbocycles. The Morgan fingerprint density at radius 1 is 0.667 bits per heavy atom. The van der Waals surface area contributed by atoms with Gasteiger partial charge in [0.25, 0.3) is 5.91 Å². The van der Waals surface area contributed by atoms with Gasteiger partial charge in [-0.05, 0) is 16.7 Å². The molecule has 0 bridgehead atoms. The Morgan fingerprint density at radius 2 is 1.04 bits per heavy atom. The van der Waals surface area contributed by atoms with E-state index in [4.69, 9.17) is 10.5 Å². The molecule has 0 saturated carbocycles. The van der Waals surface area contributed by atoms with Crippen LogP contribution in [0.2, 0.25) is 0 Å². The fraction of sp³-hybridized carbons (Fsp3) is 0.0952. The SMILES string of the molecule is [NH]C(=O)C(OC(c1ccccc1)c1ccccc1)c1ccccc1. The molecule has 3 aromatic rings. The van der Waals surface area contributed by atoms with Gasteiger partial charge in [-0.3, -0.25) is 10.5 Å². The predicted molar refractivity (Wildman–Crippen MR) is 93.1 cm³/mol. The molecular weight excluding hydrogens is 298 g/mol. The molecule has 1 radical (unpaired) electrons. The minimum absolute atomic E-state index is 0.410. The van der Waals surface area contributed by atoms with E-state index in [0.717, 1.165) is 11.1 Å². The van der Waals surface area contributed by atoms with Crippen molar-refractivity contribution in [3.05, 3.63) is 108 Å². The second-order valence-electron chi connectivity index (χ2n) is 5.49. The van der Waals surface area contributed by atoms with Gasteiger partial charge >= 0.3 is 0 Å². The van der Waals surface area contributed by atoms with E-state index >= 15 is 0 Å². The summed E-state index contributed by atoms with van der Waals surface area (Å²) >= 11 is 0. The molecule has 0 fully saturated rings. The van der Waals surface area contributed by atoms with Gasteiger partial charge in [0.2, 0.25) is 0 Å². The van der Waals surface area contributed by atoms with Crippen LogP contribution in [-0.4, -0.2) is 5.91 Å². The van der Waals surface area contributed by atoms with E-state index in [2.05, 4.69) is 0 Å². The van der Waals surface area contributed by atoms with E-state index in [0.29, 0.717) is 5.56 Å². The summed E-state index contributed by atoms with van der Waals surface area (Å²) in [6, 6.07) is 28.7. The molecular formula is C21H18NO2. The van der Waals surface area contributed by atoms with E-state index in [1.54, 1.807) is 0 Å². The molecule has 0 spiro atoms. The highest BCUT2D eigenvalue weighted by Crippen LogP contribution is 2.32. The molecule has 1 unspecified atom stereocenters. The largest absolute Gasteiger partial charge is 0.351 e. The highest BCUT2D eigenvalue weighted by Gasteiger charge is 2.25. The number of benzene rings is 3. The van der Waals surface area contributed by atoms with Crippen LogP contribution in [0.3, 0.4) is 0 Å². The average Bonchev–Trinajstić information content (AvgIpc) is 2.64. The summed E-state index contributed by atoms with van der Waals surface area (Å²) in [6.45, 7) is 0. The number of carbonyl (C=O) groups is 1. The summed E-state index contributed by atoms with van der Waals surface area (Å²) in [5.41, 5.74) is 10.2. The normalized spacial score (nSPS) is 12.0. The fourth-order valence-electron chi connectivity index (χ4n) is 2.66. The number of ether oxygens (including phenoxy) is 1. The number of hydrogen-bond donors (Lipinski definition) is 0. The Morgan fingerprint density at radius 3 is 1.42 bits per heavy atom. The Balaban J connectivity index is 1.98. The molecule has 1 amide bonds. The van der Waals surface area contributed by atoms with Crippen molar-refractivity contribution in [1.29, 1.82) is 0 Å². The van der Waals surface area contributed by atoms with Crippen molar-refractivity contribution < 1.29 is 9.53 Å².